The molecule has 0 spiro atoms. The molecule has 0 aliphatic carbocycles. The van der Waals surface area contributed by atoms with Crippen LogP contribution in [0.5, 0.6) is 11.5 Å². The van der Waals surface area contributed by atoms with E-state index >= 15 is 0 Å². The summed E-state index contributed by atoms with van der Waals surface area (Å²) in [6, 6.07) is 13.8. The number of hydrogen-bond donors (Lipinski definition) is 1. The van der Waals surface area contributed by atoms with Crippen LogP contribution >= 0.6 is 11.6 Å². The fourth-order valence-electron chi connectivity index (χ4n) is 3.31. The van der Waals surface area contributed by atoms with Gasteiger partial charge in [0, 0.05) is 26.1 Å². The molecular formula is C22H27ClN2O3. The van der Waals surface area contributed by atoms with Crippen LogP contribution in [0.15, 0.2) is 42.5 Å². The highest BCUT2D eigenvalue weighted by Crippen LogP contribution is 2.37. The summed E-state index contributed by atoms with van der Waals surface area (Å²) >= 11 is 6.44. The van der Waals surface area contributed by atoms with Gasteiger partial charge >= 0.3 is 0 Å². The summed E-state index contributed by atoms with van der Waals surface area (Å²) in [6.07, 6.45) is 2.63. The minimum atomic E-state index is 0.280. The van der Waals surface area contributed by atoms with Crippen molar-refractivity contribution in [2.45, 2.75) is 32.4 Å². The van der Waals surface area contributed by atoms with Gasteiger partial charge in [-0.2, -0.15) is 0 Å². The van der Waals surface area contributed by atoms with E-state index in [2.05, 4.69) is 5.32 Å². The molecule has 6 heteroatoms. The molecule has 3 rings (SSSR count). The molecule has 1 heterocycles. The fourth-order valence-corrected chi connectivity index (χ4v) is 3.60. The third-order valence-electron chi connectivity index (χ3n) is 4.80. The Bertz CT molecular complexity index is 783. The summed E-state index contributed by atoms with van der Waals surface area (Å²) in [6.45, 7) is 3.68. The predicted octanol–water partition coefficient (Wildman–Crippen LogP) is 4.03. The van der Waals surface area contributed by atoms with Gasteiger partial charge in [0.1, 0.15) is 6.61 Å². The molecular weight excluding hydrogens is 376 g/mol. The quantitative estimate of drug-likeness (QED) is 0.609. The van der Waals surface area contributed by atoms with Crippen molar-refractivity contribution in [1.29, 1.82) is 0 Å². The first-order valence-electron chi connectivity index (χ1n) is 9.69. The van der Waals surface area contributed by atoms with Crippen LogP contribution in [0.3, 0.4) is 0 Å². The number of amides is 1. The lowest BCUT2D eigenvalue weighted by Crippen LogP contribution is -2.28. The second kappa shape index (κ2) is 10.3. The van der Waals surface area contributed by atoms with Crippen LogP contribution in [0, 0.1) is 0 Å². The molecule has 0 radical (unpaired) electrons. The Hall–Kier alpha value is -2.24. The lowest BCUT2D eigenvalue weighted by molar-refractivity contribution is -0.127. The smallest absolute Gasteiger partial charge is 0.222 e. The van der Waals surface area contributed by atoms with Crippen LogP contribution in [0.2, 0.25) is 5.02 Å². The van der Waals surface area contributed by atoms with Crippen molar-refractivity contribution in [3.63, 3.8) is 0 Å². The van der Waals surface area contributed by atoms with Gasteiger partial charge in [-0.15, -0.1) is 0 Å². The average molecular weight is 403 g/mol. The standard InChI is InChI=1S/C22H27ClN2O3/c1-27-20-14-18(15-24-10-6-12-25-11-5-9-21(25)26)13-19(23)22(20)28-16-17-7-3-2-4-8-17/h2-4,7-8,13-14,24H,5-6,9-12,15-16H2,1H3. The van der Waals surface area contributed by atoms with Gasteiger partial charge in [0.05, 0.1) is 12.1 Å². The van der Waals surface area contributed by atoms with E-state index in [1.165, 1.54) is 0 Å². The van der Waals surface area contributed by atoms with Crippen LogP contribution in [0.4, 0.5) is 0 Å². The molecule has 1 amide bonds. The van der Waals surface area contributed by atoms with E-state index in [0.29, 0.717) is 36.1 Å². The number of methoxy groups -OCH3 is 1. The Balaban J connectivity index is 1.50. The van der Waals surface area contributed by atoms with Crippen molar-refractivity contribution >= 4 is 17.5 Å². The molecule has 1 aliphatic rings. The molecule has 0 saturated carbocycles. The zero-order chi connectivity index (χ0) is 19.8. The second-order valence-electron chi connectivity index (χ2n) is 6.90. The third kappa shape index (κ3) is 5.63. The largest absolute Gasteiger partial charge is 0.493 e. The van der Waals surface area contributed by atoms with Crippen molar-refractivity contribution in [2.75, 3.05) is 26.7 Å². The number of carbonyl (C=O) groups is 1. The number of likely N-dealkylation sites (tertiary alicyclic amines) is 1. The molecule has 1 saturated heterocycles. The number of rotatable bonds is 10. The summed E-state index contributed by atoms with van der Waals surface area (Å²) < 4.78 is 11.4. The molecule has 1 aliphatic heterocycles. The monoisotopic (exact) mass is 402 g/mol. The Kier molecular flexibility index (Phi) is 7.57. The summed E-state index contributed by atoms with van der Waals surface area (Å²) in [5.41, 5.74) is 2.11. The van der Waals surface area contributed by atoms with Crippen molar-refractivity contribution in [2.24, 2.45) is 0 Å². The van der Waals surface area contributed by atoms with Gasteiger partial charge in [0.2, 0.25) is 5.91 Å². The summed E-state index contributed by atoms with van der Waals surface area (Å²) in [4.78, 5) is 13.6. The molecule has 150 valence electrons. The van der Waals surface area contributed by atoms with Gasteiger partial charge in [-0.05, 0) is 42.6 Å². The number of nitrogens with zero attached hydrogens (tertiary/aromatic N) is 1. The molecule has 0 unspecified atom stereocenters. The Labute approximate surface area is 171 Å². The Morgan fingerprint density at radius 3 is 2.71 bits per heavy atom. The van der Waals surface area contributed by atoms with Crippen molar-refractivity contribution in [1.82, 2.24) is 10.2 Å². The van der Waals surface area contributed by atoms with E-state index in [9.17, 15) is 4.79 Å². The highest BCUT2D eigenvalue weighted by Gasteiger charge is 2.19. The molecule has 5 nitrogen and oxygen atoms in total. The zero-order valence-electron chi connectivity index (χ0n) is 16.2. The molecule has 2 aromatic rings. The van der Waals surface area contributed by atoms with Crippen molar-refractivity contribution < 1.29 is 14.3 Å². The molecule has 0 atom stereocenters. The van der Waals surface area contributed by atoms with E-state index in [4.69, 9.17) is 21.1 Å². The molecule has 1 fully saturated rings. The van der Waals surface area contributed by atoms with E-state index in [1.807, 2.05) is 47.4 Å². The first kappa shape index (κ1) is 20.5. The van der Waals surface area contributed by atoms with Crippen LogP contribution in [0.25, 0.3) is 0 Å². The van der Waals surface area contributed by atoms with Crippen LogP contribution < -0.4 is 14.8 Å². The topological polar surface area (TPSA) is 50.8 Å². The minimum Gasteiger partial charge on any atom is -0.493 e. The van der Waals surface area contributed by atoms with E-state index < -0.39 is 0 Å². The number of hydrogen-bond acceptors (Lipinski definition) is 4. The molecule has 28 heavy (non-hydrogen) atoms. The molecule has 2 aromatic carbocycles. The van der Waals surface area contributed by atoms with Gasteiger partial charge in [-0.3, -0.25) is 4.79 Å². The summed E-state index contributed by atoms with van der Waals surface area (Å²) in [7, 11) is 1.62. The maximum absolute atomic E-state index is 11.6. The second-order valence-corrected chi connectivity index (χ2v) is 7.31. The number of nitrogens with one attached hydrogen (secondary N) is 1. The van der Waals surface area contributed by atoms with Gasteiger partial charge in [-0.1, -0.05) is 41.9 Å². The number of benzene rings is 2. The number of halogens is 1. The van der Waals surface area contributed by atoms with Gasteiger partial charge < -0.3 is 19.7 Å². The molecule has 0 bridgehead atoms. The normalized spacial score (nSPS) is 13.8. The summed E-state index contributed by atoms with van der Waals surface area (Å²) in [5.74, 6) is 1.47. The third-order valence-corrected chi connectivity index (χ3v) is 5.08. The van der Waals surface area contributed by atoms with Crippen LogP contribution in [0.1, 0.15) is 30.4 Å². The fraction of sp³-hybridized carbons (Fsp3) is 0.409. The number of ether oxygens (including phenoxy) is 2. The van der Waals surface area contributed by atoms with Gasteiger partial charge in [-0.25, -0.2) is 0 Å². The van der Waals surface area contributed by atoms with E-state index in [-0.39, 0.29) is 5.91 Å². The summed E-state index contributed by atoms with van der Waals surface area (Å²) in [5, 5.41) is 3.94. The highest BCUT2D eigenvalue weighted by atomic mass is 35.5. The predicted molar refractivity (Wildman–Crippen MR) is 111 cm³/mol. The van der Waals surface area contributed by atoms with E-state index in [1.54, 1.807) is 7.11 Å². The Morgan fingerprint density at radius 2 is 2.00 bits per heavy atom. The van der Waals surface area contributed by atoms with Crippen molar-refractivity contribution in [3.8, 4) is 11.5 Å². The zero-order valence-corrected chi connectivity index (χ0v) is 17.0. The van der Waals surface area contributed by atoms with Gasteiger partial charge in [0.15, 0.2) is 11.5 Å². The Morgan fingerprint density at radius 1 is 1.18 bits per heavy atom. The number of carbonyl (C=O) groups excluding carboxylic acids is 1. The molecule has 0 aromatic heterocycles. The maximum Gasteiger partial charge on any atom is 0.222 e. The van der Waals surface area contributed by atoms with E-state index in [0.717, 1.165) is 43.6 Å². The average Bonchev–Trinajstić information content (AvgIpc) is 3.12. The molecule has 1 N–H and O–H groups in total. The van der Waals surface area contributed by atoms with Crippen LogP contribution in [-0.2, 0) is 17.9 Å². The van der Waals surface area contributed by atoms with Gasteiger partial charge in [0.25, 0.3) is 0 Å². The first-order valence-corrected chi connectivity index (χ1v) is 10.1. The van der Waals surface area contributed by atoms with Crippen LogP contribution in [-0.4, -0.2) is 37.6 Å². The van der Waals surface area contributed by atoms with Crippen molar-refractivity contribution in [3.05, 3.63) is 58.6 Å². The lowest BCUT2D eigenvalue weighted by atomic mass is 10.2. The first-order chi connectivity index (χ1) is 13.7. The lowest BCUT2D eigenvalue weighted by Gasteiger charge is -2.16. The minimum absolute atomic E-state index is 0.280. The maximum atomic E-state index is 11.6. The SMILES string of the molecule is COc1cc(CNCCCN2CCCC2=O)cc(Cl)c1OCc1ccccc1. The highest BCUT2D eigenvalue weighted by molar-refractivity contribution is 6.32.